The van der Waals surface area contributed by atoms with Gasteiger partial charge in [-0.3, -0.25) is 14.7 Å². The van der Waals surface area contributed by atoms with Gasteiger partial charge in [0.15, 0.2) is 11.5 Å². The monoisotopic (exact) mass is 396 g/mol. The average molecular weight is 397 g/mol. The highest BCUT2D eigenvalue weighted by Crippen LogP contribution is 2.17. The third-order valence-corrected chi connectivity index (χ3v) is 5.19. The summed E-state index contributed by atoms with van der Waals surface area (Å²) in [5.74, 6) is 1.58. The Morgan fingerprint density at radius 2 is 2.00 bits per heavy atom. The van der Waals surface area contributed by atoms with Gasteiger partial charge in [0.25, 0.3) is 5.56 Å². The van der Waals surface area contributed by atoms with Gasteiger partial charge in [-0.15, -0.1) is 0 Å². The molecular formula is C18H17ClN8O. The molecule has 4 aromatic rings. The molecule has 1 aliphatic rings. The summed E-state index contributed by atoms with van der Waals surface area (Å²) in [7, 11) is 0. The molecule has 1 N–H and O–H groups in total. The first-order chi connectivity index (χ1) is 13.7. The van der Waals surface area contributed by atoms with E-state index in [0.29, 0.717) is 28.3 Å². The van der Waals surface area contributed by atoms with Crippen molar-refractivity contribution in [3.63, 3.8) is 0 Å². The summed E-state index contributed by atoms with van der Waals surface area (Å²) in [6.45, 7) is 3.90. The number of rotatable bonds is 3. The Morgan fingerprint density at radius 1 is 1.14 bits per heavy atom. The van der Waals surface area contributed by atoms with Gasteiger partial charge in [-0.25, -0.2) is 9.97 Å². The van der Waals surface area contributed by atoms with Crippen molar-refractivity contribution < 1.29 is 0 Å². The molecule has 1 aromatic carbocycles. The number of nitrogens with one attached hydrogen (secondary N) is 1. The molecule has 1 saturated heterocycles. The minimum atomic E-state index is -0.140. The van der Waals surface area contributed by atoms with E-state index >= 15 is 0 Å². The number of nitrogens with zero attached hydrogens (tertiary/aromatic N) is 7. The Hall–Kier alpha value is -3.04. The van der Waals surface area contributed by atoms with E-state index in [4.69, 9.17) is 11.6 Å². The van der Waals surface area contributed by atoms with Crippen LogP contribution in [-0.4, -0.2) is 60.6 Å². The van der Waals surface area contributed by atoms with Gasteiger partial charge in [0, 0.05) is 31.2 Å². The lowest BCUT2D eigenvalue weighted by Gasteiger charge is -2.35. The van der Waals surface area contributed by atoms with Crippen molar-refractivity contribution in [3.05, 3.63) is 58.1 Å². The first-order valence-electron chi connectivity index (χ1n) is 8.97. The maximum atomic E-state index is 12.3. The number of H-pyrrole nitrogens is 1. The van der Waals surface area contributed by atoms with Crippen LogP contribution in [0, 0.1) is 0 Å². The molecule has 0 bridgehead atoms. The van der Waals surface area contributed by atoms with Gasteiger partial charge in [-0.05, 0) is 18.2 Å². The summed E-state index contributed by atoms with van der Waals surface area (Å²) in [5, 5.41) is 5.39. The zero-order chi connectivity index (χ0) is 19.1. The van der Waals surface area contributed by atoms with Gasteiger partial charge in [-0.2, -0.15) is 9.61 Å². The topological polar surface area (TPSA) is 95.3 Å². The van der Waals surface area contributed by atoms with Crippen LogP contribution in [0.5, 0.6) is 0 Å². The van der Waals surface area contributed by atoms with Crippen LogP contribution in [0.15, 0.2) is 41.7 Å². The largest absolute Gasteiger partial charge is 0.353 e. The van der Waals surface area contributed by atoms with Gasteiger partial charge in [-0.1, -0.05) is 11.6 Å². The highest BCUT2D eigenvalue weighted by Gasteiger charge is 2.20. The van der Waals surface area contributed by atoms with Crippen LogP contribution in [0.1, 0.15) is 5.82 Å². The fraction of sp³-hybridized carbons (Fsp3) is 0.278. The second-order valence-electron chi connectivity index (χ2n) is 6.73. The molecule has 0 unspecified atom stereocenters. The minimum Gasteiger partial charge on any atom is -0.353 e. The van der Waals surface area contributed by atoms with Crippen molar-refractivity contribution in [2.24, 2.45) is 0 Å². The SMILES string of the molecule is O=c1[nH]c(CN2CCN(c3cncc4ncnn34)CC2)nc2cc(Cl)ccc12. The molecule has 10 heteroatoms. The van der Waals surface area contributed by atoms with Crippen molar-refractivity contribution in [2.45, 2.75) is 6.54 Å². The third-order valence-electron chi connectivity index (χ3n) is 4.96. The van der Waals surface area contributed by atoms with Gasteiger partial charge >= 0.3 is 0 Å². The zero-order valence-corrected chi connectivity index (χ0v) is 15.7. The number of hydrogen-bond donors (Lipinski definition) is 1. The number of aromatic nitrogens is 6. The Morgan fingerprint density at radius 3 is 2.86 bits per heavy atom. The number of halogens is 1. The summed E-state index contributed by atoms with van der Waals surface area (Å²) in [5.41, 5.74) is 1.21. The molecule has 1 aliphatic heterocycles. The van der Waals surface area contributed by atoms with Crippen molar-refractivity contribution in [2.75, 3.05) is 31.1 Å². The molecule has 28 heavy (non-hydrogen) atoms. The summed E-state index contributed by atoms with van der Waals surface area (Å²) in [6.07, 6.45) is 5.04. The Bertz CT molecular complexity index is 1210. The zero-order valence-electron chi connectivity index (χ0n) is 14.9. The summed E-state index contributed by atoms with van der Waals surface area (Å²) < 4.78 is 1.80. The van der Waals surface area contributed by atoms with E-state index in [1.807, 2.05) is 6.20 Å². The standard InChI is InChI=1S/C18H17ClN8O/c19-12-1-2-13-14(7-12)23-15(24-18(13)28)10-25-3-5-26(6-4-25)17-9-20-8-16-21-11-22-27(16)17/h1-2,7-9,11H,3-6,10H2,(H,23,24,28). The lowest BCUT2D eigenvalue weighted by atomic mass is 10.2. The third kappa shape index (κ3) is 3.08. The Kier molecular flexibility index (Phi) is 4.18. The second kappa shape index (κ2) is 6.84. The first kappa shape index (κ1) is 17.1. The quantitative estimate of drug-likeness (QED) is 0.558. The van der Waals surface area contributed by atoms with Gasteiger partial charge in [0.05, 0.1) is 29.8 Å². The Balaban J connectivity index is 1.32. The van der Waals surface area contributed by atoms with Crippen LogP contribution in [0.2, 0.25) is 5.02 Å². The van der Waals surface area contributed by atoms with E-state index in [1.54, 1.807) is 28.9 Å². The van der Waals surface area contributed by atoms with Crippen LogP contribution in [0.3, 0.4) is 0 Å². The molecule has 142 valence electrons. The molecule has 0 aliphatic carbocycles. The fourth-order valence-electron chi connectivity index (χ4n) is 3.54. The maximum absolute atomic E-state index is 12.3. The summed E-state index contributed by atoms with van der Waals surface area (Å²) in [4.78, 5) is 32.7. The molecular weight excluding hydrogens is 380 g/mol. The molecule has 0 atom stereocenters. The van der Waals surface area contributed by atoms with Crippen LogP contribution in [-0.2, 0) is 6.54 Å². The molecule has 9 nitrogen and oxygen atoms in total. The molecule has 0 amide bonds. The van der Waals surface area contributed by atoms with E-state index in [0.717, 1.165) is 37.6 Å². The second-order valence-corrected chi connectivity index (χ2v) is 7.17. The highest BCUT2D eigenvalue weighted by molar-refractivity contribution is 6.31. The molecule has 0 saturated carbocycles. The lowest BCUT2D eigenvalue weighted by molar-refractivity contribution is 0.243. The van der Waals surface area contributed by atoms with E-state index in [-0.39, 0.29) is 5.56 Å². The van der Waals surface area contributed by atoms with E-state index in [1.165, 1.54) is 6.33 Å². The number of anilines is 1. The number of benzene rings is 1. The highest BCUT2D eigenvalue weighted by atomic mass is 35.5. The normalized spacial score (nSPS) is 15.5. The van der Waals surface area contributed by atoms with Crippen LogP contribution >= 0.6 is 11.6 Å². The average Bonchev–Trinajstić information content (AvgIpc) is 3.17. The number of hydrogen-bond acceptors (Lipinski definition) is 7. The van der Waals surface area contributed by atoms with Gasteiger partial charge < -0.3 is 9.88 Å². The van der Waals surface area contributed by atoms with Crippen LogP contribution in [0.25, 0.3) is 16.6 Å². The predicted molar refractivity (Wildman–Crippen MR) is 106 cm³/mol. The summed E-state index contributed by atoms with van der Waals surface area (Å²) >= 11 is 6.04. The molecule has 0 spiro atoms. The van der Waals surface area contributed by atoms with Gasteiger partial charge in [0.1, 0.15) is 12.2 Å². The maximum Gasteiger partial charge on any atom is 0.258 e. The number of fused-ring (bicyclic) bond motifs is 2. The lowest BCUT2D eigenvalue weighted by Crippen LogP contribution is -2.47. The van der Waals surface area contributed by atoms with Crippen molar-refractivity contribution in [1.29, 1.82) is 0 Å². The minimum absolute atomic E-state index is 0.140. The first-order valence-corrected chi connectivity index (χ1v) is 9.35. The number of aromatic amines is 1. The molecule has 0 radical (unpaired) electrons. The molecule has 5 rings (SSSR count). The smallest absolute Gasteiger partial charge is 0.258 e. The molecule has 1 fully saturated rings. The van der Waals surface area contributed by atoms with Gasteiger partial charge in [0.2, 0.25) is 0 Å². The van der Waals surface area contributed by atoms with E-state index in [9.17, 15) is 4.79 Å². The van der Waals surface area contributed by atoms with Crippen molar-refractivity contribution in [3.8, 4) is 0 Å². The fourth-order valence-corrected chi connectivity index (χ4v) is 3.71. The predicted octanol–water partition coefficient (Wildman–Crippen LogP) is 1.34. The van der Waals surface area contributed by atoms with E-state index < -0.39 is 0 Å². The number of piperazine rings is 1. The molecule has 4 heterocycles. The molecule has 3 aromatic heterocycles. The van der Waals surface area contributed by atoms with Crippen molar-refractivity contribution in [1.82, 2.24) is 34.4 Å². The van der Waals surface area contributed by atoms with Crippen molar-refractivity contribution >= 4 is 34.0 Å². The van der Waals surface area contributed by atoms with E-state index in [2.05, 4.69) is 34.8 Å². The Labute approximate surface area is 164 Å². The summed E-state index contributed by atoms with van der Waals surface area (Å²) in [6, 6.07) is 5.12. The van der Waals surface area contributed by atoms with Crippen LogP contribution in [0.4, 0.5) is 5.82 Å². The van der Waals surface area contributed by atoms with Crippen LogP contribution < -0.4 is 10.5 Å².